The van der Waals surface area contributed by atoms with E-state index >= 15 is 0 Å². The molecule has 0 bridgehead atoms. The summed E-state index contributed by atoms with van der Waals surface area (Å²) in [6.45, 7) is 12.4. The lowest BCUT2D eigenvalue weighted by molar-refractivity contribution is -0.308. The summed E-state index contributed by atoms with van der Waals surface area (Å²) in [6.07, 6.45) is -7.40. The number of hydrogen-bond acceptors (Lipinski definition) is 0. The number of rotatable bonds is 6. The summed E-state index contributed by atoms with van der Waals surface area (Å²) in [4.78, 5) is 0. The Bertz CT molecular complexity index is 439. The molecule has 0 fully saturated rings. The van der Waals surface area contributed by atoms with Crippen molar-refractivity contribution in [1.82, 2.24) is 0 Å². The van der Waals surface area contributed by atoms with E-state index in [2.05, 4.69) is 26.3 Å². The zero-order valence-electron chi connectivity index (χ0n) is 11.1. The van der Waals surface area contributed by atoms with Crippen LogP contribution in [0.3, 0.4) is 0 Å². The molecule has 0 heterocycles. The molecule has 0 N–H and O–H groups in total. The van der Waals surface area contributed by atoms with E-state index in [1.807, 2.05) is 0 Å². The van der Waals surface area contributed by atoms with Gasteiger partial charge in [-0.2, -0.15) is 26.3 Å². The Morgan fingerprint density at radius 3 is 1.05 bits per heavy atom. The van der Waals surface area contributed by atoms with Crippen LogP contribution in [0.5, 0.6) is 0 Å². The quantitative estimate of drug-likeness (QED) is 0.436. The number of alkyl halides is 6. The average molecular weight is 308 g/mol. The van der Waals surface area contributed by atoms with Crippen LogP contribution in [0.4, 0.5) is 26.3 Å². The Labute approximate surface area is 119 Å². The van der Waals surface area contributed by atoms with Gasteiger partial charge in [0.2, 0.25) is 5.41 Å². The Morgan fingerprint density at radius 2 is 0.905 bits per heavy atom. The van der Waals surface area contributed by atoms with Crippen LogP contribution in [0.2, 0.25) is 0 Å². The van der Waals surface area contributed by atoms with E-state index in [0.717, 1.165) is 12.2 Å². The van der Waals surface area contributed by atoms with Crippen LogP contribution in [-0.4, -0.2) is 12.4 Å². The van der Waals surface area contributed by atoms with Crippen molar-refractivity contribution in [2.75, 3.05) is 0 Å². The summed E-state index contributed by atoms with van der Waals surface area (Å²) >= 11 is 0. The van der Waals surface area contributed by atoms with Gasteiger partial charge in [-0.25, -0.2) is 0 Å². The molecule has 0 saturated carbocycles. The fourth-order valence-electron chi connectivity index (χ4n) is 1.93. The van der Waals surface area contributed by atoms with E-state index in [0.29, 0.717) is 24.3 Å². The smallest absolute Gasteiger partial charge is 0.169 e. The fraction of sp³-hybridized carbons (Fsp3) is 0.200. The molecule has 0 unspecified atom stereocenters. The van der Waals surface area contributed by atoms with E-state index in [4.69, 9.17) is 0 Å². The van der Waals surface area contributed by atoms with Crippen molar-refractivity contribution in [3.63, 3.8) is 0 Å². The van der Waals surface area contributed by atoms with Gasteiger partial charge in [0.15, 0.2) is 0 Å². The number of allylic oxidation sites excluding steroid dienone is 8. The highest BCUT2D eigenvalue weighted by Gasteiger charge is 2.73. The van der Waals surface area contributed by atoms with Gasteiger partial charge in [-0.05, 0) is 11.1 Å². The maximum Gasteiger partial charge on any atom is 0.411 e. The Hall–Kier alpha value is -1.98. The minimum atomic E-state index is -5.66. The predicted octanol–water partition coefficient (Wildman–Crippen LogP) is 5.69. The first-order chi connectivity index (χ1) is 9.54. The van der Waals surface area contributed by atoms with Gasteiger partial charge in [0, 0.05) is 0 Å². The van der Waals surface area contributed by atoms with Crippen molar-refractivity contribution in [2.45, 2.75) is 12.4 Å². The van der Waals surface area contributed by atoms with Crippen LogP contribution >= 0.6 is 0 Å². The van der Waals surface area contributed by atoms with Crippen molar-refractivity contribution in [2.24, 2.45) is 5.41 Å². The first kappa shape index (κ1) is 19.0. The van der Waals surface area contributed by atoms with E-state index in [1.165, 1.54) is 0 Å². The lowest BCUT2D eigenvalue weighted by Gasteiger charge is -2.39. The minimum Gasteiger partial charge on any atom is -0.169 e. The third-order valence-electron chi connectivity index (χ3n) is 2.75. The van der Waals surface area contributed by atoms with Crippen molar-refractivity contribution < 1.29 is 26.3 Å². The molecule has 116 valence electrons. The van der Waals surface area contributed by atoms with Crippen molar-refractivity contribution in [3.05, 3.63) is 73.9 Å². The highest BCUT2D eigenvalue weighted by Crippen LogP contribution is 2.59. The molecule has 0 aromatic rings. The van der Waals surface area contributed by atoms with Gasteiger partial charge in [0.1, 0.15) is 0 Å². The summed E-state index contributed by atoms with van der Waals surface area (Å²) < 4.78 is 80.6. The summed E-state index contributed by atoms with van der Waals surface area (Å²) in [5.74, 6) is 0. The standard InChI is InChI=1S/C15H14F6/c1-5-9-11(7-3)13(14(16,17)18,15(19,20)21)12(8-4)10-6-2/h5-10H,1-4H2/b11-9+,12-10+. The molecule has 0 radical (unpaired) electrons. The van der Waals surface area contributed by atoms with E-state index in [-0.39, 0.29) is 0 Å². The summed E-state index contributed by atoms with van der Waals surface area (Å²) in [6, 6.07) is 0. The van der Waals surface area contributed by atoms with Gasteiger partial charge >= 0.3 is 12.4 Å². The van der Waals surface area contributed by atoms with Gasteiger partial charge in [-0.1, -0.05) is 62.8 Å². The molecular formula is C15H14F6. The van der Waals surface area contributed by atoms with Gasteiger partial charge < -0.3 is 0 Å². The van der Waals surface area contributed by atoms with E-state index in [9.17, 15) is 26.3 Å². The molecule has 0 aliphatic heterocycles. The van der Waals surface area contributed by atoms with Gasteiger partial charge in [0.05, 0.1) is 0 Å². The molecular weight excluding hydrogens is 294 g/mol. The molecule has 0 aromatic heterocycles. The highest BCUT2D eigenvalue weighted by atomic mass is 19.4. The second-order valence-corrected chi connectivity index (χ2v) is 3.87. The predicted molar refractivity (Wildman–Crippen MR) is 71.5 cm³/mol. The first-order valence-corrected chi connectivity index (χ1v) is 5.59. The van der Waals surface area contributed by atoms with Crippen molar-refractivity contribution in [1.29, 1.82) is 0 Å². The molecule has 21 heavy (non-hydrogen) atoms. The van der Waals surface area contributed by atoms with Crippen LogP contribution < -0.4 is 0 Å². The third-order valence-corrected chi connectivity index (χ3v) is 2.75. The Morgan fingerprint density at radius 1 is 0.619 bits per heavy atom. The zero-order valence-corrected chi connectivity index (χ0v) is 11.1. The minimum absolute atomic E-state index is 0.503. The molecule has 0 aliphatic carbocycles. The average Bonchev–Trinajstić information content (AvgIpc) is 2.33. The first-order valence-electron chi connectivity index (χ1n) is 5.59. The zero-order chi connectivity index (χ0) is 16.9. The number of halogens is 6. The molecule has 6 heteroatoms. The molecule has 0 aliphatic rings. The normalized spacial score (nSPS) is 14.6. The fourth-order valence-corrected chi connectivity index (χ4v) is 1.93. The van der Waals surface area contributed by atoms with E-state index in [1.54, 1.807) is 0 Å². The van der Waals surface area contributed by atoms with Crippen molar-refractivity contribution >= 4 is 0 Å². The Kier molecular flexibility index (Phi) is 6.02. The van der Waals surface area contributed by atoms with E-state index < -0.39 is 28.9 Å². The van der Waals surface area contributed by atoms with Crippen molar-refractivity contribution in [3.8, 4) is 0 Å². The third kappa shape index (κ3) is 3.20. The summed E-state index contributed by atoms with van der Waals surface area (Å²) in [5.41, 5.74) is -6.43. The lowest BCUT2D eigenvalue weighted by Crippen LogP contribution is -2.52. The van der Waals surface area contributed by atoms with Crippen LogP contribution in [0.1, 0.15) is 0 Å². The van der Waals surface area contributed by atoms with Gasteiger partial charge in [-0.3, -0.25) is 0 Å². The highest BCUT2D eigenvalue weighted by molar-refractivity contribution is 5.47. The molecule has 0 amide bonds. The van der Waals surface area contributed by atoms with Crippen LogP contribution in [0, 0.1) is 5.41 Å². The molecule has 0 aromatic carbocycles. The number of hydrogen-bond donors (Lipinski definition) is 0. The SMILES string of the molecule is C=C/C=C(\C=C)C(/C(C=C)=C/C=C)(C(F)(F)F)C(F)(F)F. The van der Waals surface area contributed by atoms with Gasteiger partial charge in [0.25, 0.3) is 0 Å². The second-order valence-electron chi connectivity index (χ2n) is 3.87. The maximum absolute atomic E-state index is 13.4. The van der Waals surface area contributed by atoms with Crippen LogP contribution in [-0.2, 0) is 0 Å². The second kappa shape index (κ2) is 6.65. The molecule has 0 spiro atoms. The summed E-state index contributed by atoms with van der Waals surface area (Å²) in [7, 11) is 0. The van der Waals surface area contributed by atoms with Crippen LogP contribution in [0.25, 0.3) is 0 Å². The topological polar surface area (TPSA) is 0 Å². The largest absolute Gasteiger partial charge is 0.411 e. The monoisotopic (exact) mass is 308 g/mol. The molecule has 0 atom stereocenters. The Balaban J connectivity index is 7.00. The maximum atomic E-state index is 13.4. The van der Waals surface area contributed by atoms with Gasteiger partial charge in [-0.15, -0.1) is 0 Å². The molecule has 0 rings (SSSR count). The lowest BCUT2D eigenvalue weighted by atomic mass is 9.71. The molecule has 0 saturated heterocycles. The summed E-state index contributed by atoms with van der Waals surface area (Å²) in [5, 5.41) is 0. The van der Waals surface area contributed by atoms with Crippen LogP contribution in [0.15, 0.2) is 73.9 Å². The molecule has 0 nitrogen and oxygen atoms in total.